The fourth-order valence-corrected chi connectivity index (χ4v) is 8.35. The summed E-state index contributed by atoms with van der Waals surface area (Å²) in [5.41, 5.74) is 12.4. The topological polar surface area (TPSA) is 14.2 Å². The Morgan fingerprint density at radius 2 is 0.980 bits per heavy atom. The van der Waals surface area contributed by atoms with Gasteiger partial charge in [-0.2, -0.15) is 0 Å². The van der Waals surface area contributed by atoms with Crippen molar-refractivity contribution < 1.29 is 4.74 Å². The van der Waals surface area contributed by atoms with Gasteiger partial charge >= 0.3 is 0 Å². The Labute approximate surface area is 297 Å². The Bertz CT molecular complexity index is 2670. The summed E-state index contributed by atoms with van der Waals surface area (Å²) in [7, 11) is 0. The molecule has 0 fully saturated rings. The lowest BCUT2D eigenvalue weighted by molar-refractivity contribution is 0.434. The molecule has 51 heavy (non-hydrogen) atoms. The van der Waals surface area contributed by atoms with Gasteiger partial charge in [0.15, 0.2) is 0 Å². The van der Waals surface area contributed by atoms with Gasteiger partial charge < -0.3 is 9.30 Å². The number of hydrogen-bond acceptors (Lipinski definition) is 1. The smallest absolute Gasteiger partial charge is 0.132 e. The van der Waals surface area contributed by atoms with Crippen LogP contribution in [0.4, 0.5) is 0 Å². The fraction of sp³-hybridized carbons (Fsp3) is 0.0204. The average molecular weight is 652 g/mol. The van der Waals surface area contributed by atoms with Crippen LogP contribution in [-0.2, 0) is 5.41 Å². The predicted molar refractivity (Wildman–Crippen MR) is 210 cm³/mol. The highest BCUT2D eigenvalue weighted by atomic mass is 16.5. The van der Waals surface area contributed by atoms with Crippen molar-refractivity contribution in [3.63, 3.8) is 0 Å². The van der Waals surface area contributed by atoms with E-state index in [1.54, 1.807) is 0 Å². The van der Waals surface area contributed by atoms with E-state index >= 15 is 0 Å². The van der Waals surface area contributed by atoms with Gasteiger partial charge in [0.1, 0.15) is 11.5 Å². The molecular formula is C49H33NO. The molecule has 0 amide bonds. The van der Waals surface area contributed by atoms with E-state index in [2.05, 4.69) is 205 Å². The third kappa shape index (κ3) is 4.50. The van der Waals surface area contributed by atoms with E-state index in [9.17, 15) is 0 Å². The number of hydrogen-bond donors (Lipinski definition) is 0. The van der Waals surface area contributed by atoms with E-state index in [1.165, 1.54) is 44.1 Å². The first kappa shape index (κ1) is 29.3. The summed E-state index contributed by atoms with van der Waals surface area (Å²) < 4.78 is 9.10. The Balaban J connectivity index is 1.19. The molecule has 0 unspecified atom stereocenters. The minimum absolute atomic E-state index is 0.567. The monoisotopic (exact) mass is 651 g/mol. The molecule has 0 N–H and O–H groups in total. The van der Waals surface area contributed by atoms with Crippen LogP contribution in [0.25, 0.3) is 49.7 Å². The third-order valence-electron chi connectivity index (χ3n) is 10.5. The minimum atomic E-state index is -0.567. The van der Waals surface area contributed by atoms with Crippen LogP contribution in [0.15, 0.2) is 200 Å². The summed E-state index contributed by atoms with van der Waals surface area (Å²) >= 11 is 0. The number of aromatic nitrogens is 1. The normalized spacial score (nSPS) is 13.0. The first-order chi connectivity index (χ1) is 25.3. The predicted octanol–water partition coefficient (Wildman–Crippen LogP) is 12.6. The Kier molecular flexibility index (Phi) is 6.75. The lowest BCUT2D eigenvalue weighted by atomic mass is 9.63. The zero-order chi connectivity index (χ0) is 33.8. The van der Waals surface area contributed by atoms with Crippen LogP contribution in [0.2, 0.25) is 0 Å². The highest BCUT2D eigenvalue weighted by Gasteiger charge is 2.45. The lowest BCUT2D eigenvalue weighted by Crippen LogP contribution is -2.34. The Morgan fingerprint density at radius 1 is 0.392 bits per heavy atom. The SMILES string of the molecule is c1ccc(-n2c3ccccc3c3cccc(-c4cccc(-c5ccc6c(c5)C(c5ccccc5)(c5ccccc5)c5ccccc5O6)c4)c32)cc1. The van der Waals surface area contributed by atoms with Crippen molar-refractivity contribution in [2.75, 3.05) is 0 Å². The second-order valence-electron chi connectivity index (χ2n) is 13.3. The second-order valence-corrected chi connectivity index (χ2v) is 13.3. The third-order valence-corrected chi connectivity index (χ3v) is 10.5. The van der Waals surface area contributed by atoms with Crippen LogP contribution in [0.1, 0.15) is 22.3 Å². The van der Waals surface area contributed by atoms with Gasteiger partial charge in [-0.3, -0.25) is 0 Å². The molecule has 0 atom stereocenters. The average Bonchev–Trinajstić information content (AvgIpc) is 3.55. The minimum Gasteiger partial charge on any atom is -0.457 e. The molecule has 10 rings (SSSR count). The highest BCUT2D eigenvalue weighted by Crippen LogP contribution is 2.56. The molecule has 0 saturated carbocycles. The first-order valence-electron chi connectivity index (χ1n) is 17.5. The zero-order valence-electron chi connectivity index (χ0n) is 27.9. The number of rotatable bonds is 5. The quantitative estimate of drug-likeness (QED) is 0.181. The number of fused-ring (bicyclic) bond motifs is 5. The summed E-state index contributed by atoms with van der Waals surface area (Å²) in [5.74, 6) is 1.76. The summed E-state index contributed by atoms with van der Waals surface area (Å²) in [4.78, 5) is 0. The number of ether oxygens (including phenoxy) is 1. The van der Waals surface area contributed by atoms with Crippen molar-refractivity contribution >= 4 is 21.8 Å². The molecule has 2 heterocycles. The molecule has 1 aliphatic rings. The zero-order valence-corrected chi connectivity index (χ0v) is 27.9. The molecule has 1 aromatic heterocycles. The van der Waals surface area contributed by atoms with Crippen molar-refractivity contribution in [2.45, 2.75) is 5.41 Å². The highest BCUT2D eigenvalue weighted by molar-refractivity contribution is 6.13. The van der Waals surface area contributed by atoms with E-state index in [0.29, 0.717) is 0 Å². The molecule has 0 saturated heterocycles. The molecular weight excluding hydrogens is 619 g/mol. The van der Waals surface area contributed by atoms with Gasteiger partial charge in [-0.25, -0.2) is 0 Å². The maximum absolute atomic E-state index is 6.69. The summed E-state index contributed by atoms with van der Waals surface area (Å²) in [6.45, 7) is 0. The van der Waals surface area contributed by atoms with Gasteiger partial charge in [0.05, 0.1) is 16.4 Å². The van der Waals surface area contributed by atoms with Crippen LogP contribution in [0.5, 0.6) is 11.5 Å². The molecule has 2 heteroatoms. The van der Waals surface area contributed by atoms with Crippen molar-refractivity contribution in [1.82, 2.24) is 4.57 Å². The van der Waals surface area contributed by atoms with E-state index in [0.717, 1.165) is 39.4 Å². The van der Waals surface area contributed by atoms with Crippen LogP contribution < -0.4 is 4.74 Å². The molecule has 9 aromatic rings. The maximum atomic E-state index is 6.69. The van der Waals surface area contributed by atoms with E-state index < -0.39 is 5.41 Å². The van der Waals surface area contributed by atoms with Crippen molar-refractivity contribution in [3.05, 3.63) is 222 Å². The van der Waals surface area contributed by atoms with Crippen LogP contribution in [0, 0.1) is 0 Å². The largest absolute Gasteiger partial charge is 0.457 e. The van der Waals surface area contributed by atoms with Crippen LogP contribution in [-0.4, -0.2) is 4.57 Å². The van der Waals surface area contributed by atoms with E-state index in [-0.39, 0.29) is 0 Å². The lowest BCUT2D eigenvalue weighted by Gasteiger charge is -2.41. The molecule has 2 nitrogen and oxygen atoms in total. The fourth-order valence-electron chi connectivity index (χ4n) is 8.35. The van der Waals surface area contributed by atoms with Gasteiger partial charge in [0.25, 0.3) is 0 Å². The van der Waals surface area contributed by atoms with Gasteiger partial charge in [-0.1, -0.05) is 158 Å². The molecule has 240 valence electrons. The number of nitrogens with zero attached hydrogens (tertiary/aromatic N) is 1. The molecule has 0 bridgehead atoms. The number of benzene rings is 8. The Hall–Kier alpha value is -6.64. The van der Waals surface area contributed by atoms with E-state index in [1.807, 2.05) is 0 Å². The van der Waals surface area contributed by atoms with Crippen molar-refractivity contribution in [1.29, 1.82) is 0 Å². The summed E-state index contributed by atoms with van der Waals surface area (Å²) in [6.07, 6.45) is 0. The molecule has 0 spiro atoms. The molecule has 8 aromatic carbocycles. The molecule has 0 aliphatic carbocycles. The van der Waals surface area contributed by atoms with Crippen LogP contribution >= 0.6 is 0 Å². The van der Waals surface area contributed by atoms with Crippen molar-refractivity contribution in [2.24, 2.45) is 0 Å². The van der Waals surface area contributed by atoms with Gasteiger partial charge in [0, 0.05) is 33.2 Å². The van der Waals surface area contributed by atoms with E-state index in [4.69, 9.17) is 4.74 Å². The first-order valence-corrected chi connectivity index (χ1v) is 17.5. The Morgan fingerprint density at radius 3 is 1.76 bits per heavy atom. The number of para-hydroxylation sites is 4. The standard InChI is InChI=1S/C49H33NO/c1-4-18-37(19-5-1)49(38-20-6-2-7-21-38)43-27-11-13-29-46(43)51-47-31-30-35(33-44(47)49)34-16-14-17-36(32-34)40-25-15-26-42-41-24-10-12-28-45(41)50(48(40)42)39-22-8-3-9-23-39/h1-33H. The molecule has 0 radical (unpaired) electrons. The van der Waals surface area contributed by atoms with Gasteiger partial charge in [0.2, 0.25) is 0 Å². The summed E-state index contributed by atoms with van der Waals surface area (Å²) in [6, 6.07) is 72.0. The maximum Gasteiger partial charge on any atom is 0.132 e. The molecule has 1 aliphatic heterocycles. The van der Waals surface area contributed by atoms with Crippen LogP contribution in [0.3, 0.4) is 0 Å². The summed E-state index contributed by atoms with van der Waals surface area (Å²) in [5, 5.41) is 2.50. The second kappa shape index (κ2) is 11.8. The van der Waals surface area contributed by atoms with Gasteiger partial charge in [-0.15, -0.1) is 0 Å². The van der Waals surface area contributed by atoms with Crippen molar-refractivity contribution in [3.8, 4) is 39.4 Å². The van der Waals surface area contributed by atoms with Gasteiger partial charge in [-0.05, 0) is 70.3 Å².